The van der Waals surface area contributed by atoms with Crippen molar-refractivity contribution in [2.75, 3.05) is 33.3 Å². The first-order valence-corrected chi connectivity index (χ1v) is 6.32. The van der Waals surface area contributed by atoms with Crippen LogP contribution in [0.25, 0.3) is 0 Å². The summed E-state index contributed by atoms with van der Waals surface area (Å²) in [5.41, 5.74) is 0. The Balaban J connectivity index is 2.18. The van der Waals surface area contributed by atoms with Crippen LogP contribution in [0, 0.1) is 5.92 Å². The SMILES string of the molecule is CN(CCCCCO)C(=O)[C@@H]1CCCNC1. The second-order valence-corrected chi connectivity index (χ2v) is 4.59. The zero-order chi connectivity index (χ0) is 11.8. The van der Waals surface area contributed by atoms with Gasteiger partial charge in [0.15, 0.2) is 0 Å². The quantitative estimate of drug-likeness (QED) is 0.655. The largest absolute Gasteiger partial charge is 0.396 e. The van der Waals surface area contributed by atoms with Gasteiger partial charge in [-0.2, -0.15) is 0 Å². The minimum Gasteiger partial charge on any atom is -0.396 e. The van der Waals surface area contributed by atoms with E-state index in [-0.39, 0.29) is 18.4 Å². The Morgan fingerprint density at radius 1 is 1.44 bits per heavy atom. The lowest BCUT2D eigenvalue weighted by Gasteiger charge is -2.27. The molecule has 1 rings (SSSR count). The van der Waals surface area contributed by atoms with Crippen LogP contribution in [0.2, 0.25) is 0 Å². The molecular formula is C12H24N2O2. The van der Waals surface area contributed by atoms with Crippen LogP contribution in [-0.4, -0.2) is 49.2 Å². The third-order valence-corrected chi connectivity index (χ3v) is 3.17. The molecule has 0 spiro atoms. The maximum atomic E-state index is 12.0. The molecule has 0 unspecified atom stereocenters. The van der Waals surface area contributed by atoms with Gasteiger partial charge in [0.1, 0.15) is 0 Å². The van der Waals surface area contributed by atoms with Crippen molar-refractivity contribution in [3.8, 4) is 0 Å². The van der Waals surface area contributed by atoms with E-state index >= 15 is 0 Å². The molecule has 1 atom stereocenters. The second kappa shape index (κ2) is 7.63. The van der Waals surface area contributed by atoms with Gasteiger partial charge in [-0.1, -0.05) is 0 Å². The van der Waals surface area contributed by atoms with E-state index in [9.17, 15) is 4.79 Å². The predicted octanol–water partition coefficient (Wildman–Crippen LogP) is 0.607. The Labute approximate surface area is 98.0 Å². The number of carbonyl (C=O) groups excluding carboxylic acids is 1. The van der Waals surface area contributed by atoms with E-state index in [4.69, 9.17) is 5.11 Å². The lowest BCUT2D eigenvalue weighted by molar-refractivity contribution is -0.134. The molecule has 0 aromatic rings. The molecule has 1 aliphatic heterocycles. The Morgan fingerprint density at radius 2 is 2.25 bits per heavy atom. The van der Waals surface area contributed by atoms with E-state index in [0.29, 0.717) is 0 Å². The fourth-order valence-electron chi connectivity index (χ4n) is 2.12. The zero-order valence-electron chi connectivity index (χ0n) is 10.2. The smallest absolute Gasteiger partial charge is 0.226 e. The van der Waals surface area contributed by atoms with E-state index < -0.39 is 0 Å². The average molecular weight is 228 g/mol. The average Bonchev–Trinajstić information content (AvgIpc) is 2.34. The van der Waals surface area contributed by atoms with Crippen molar-refractivity contribution in [1.82, 2.24) is 10.2 Å². The molecular weight excluding hydrogens is 204 g/mol. The number of hydrogen-bond donors (Lipinski definition) is 2. The van der Waals surface area contributed by atoms with Crippen molar-refractivity contribution in [3.63, 3.8) is 0 Å². The first-order valence-electron chi connectivity index (χ1n) is 6.32. The Kier molecular flexibility index (Phi) is 6.42. The fourth-order valence-corrected chi connectivity index (χ4v) is 2.12. The highest BCUT2D eigenvalue weighted by atomic mass is 16.2. The van der Waals surface area contributed by atoms with Crippen molar-refractivity contribution < 1.29 is 9.90 Å². The molecule has 2 N–H and O–H groups in total. The van der Waals surface area contributed by atoms with Crippen molar-refractivity contribution in [2.45, 2.75) is 32.1 Å². The number of aliphatic hydroxyl groups excluding tert-OH is 1. The van der Waals surface area contributed by atoms with E-state index in [0.717, 1.165) is 51.7 Å². The standard InChI is InChI=1S/C12H24N2O2/c1-14(8-3-2-4-9-15)12(16)11-6-5-7-13-10-11/h11,13,15H,2-10H2,1H3/t11-/m1/s1. The summed E-state index contributed by atoms with van der Waals surface area (Å²) in [4.78, 5) is 13.8. The van der Waals surface area contributed by atoms with Gasteiger partial charge < -0.3 is 15.3 Å². The summed E-state index contributed by atoms with van der Waals surface area (Å²) in [6.45, 7) is 2.95. The number of hydrogen-bond acceptors (Lipinski definition) is 3. The lowest BCUT2D eigenvalue weighted by Crippen LogP contribution is -2.41. The van der Waals surface area contributed by atoms with Gasteiger partial charge in [-0.05, 0) is 38.6 Å². The minimum atomic E-state index is 0.177. The van der Waals surface area contributed by atoms with Crippen LogP contribution in [0.15, 0.2) is 0 Å². The van der Waals surface area contributed by atoms with Gasteiger partial charge in [0.25, 0.3) is 0 Å². The Morgan fingerprint density at radius 3 is 2.88 bits per heavy atom. The molecule has 0 radical (unpaired) electrons. The molecule has 1 aliphatic rings. The predicted molar refractivity (Wildman–Crippen MR) is 64.2 cm³/mol. The normalized spacial score (nSPS) is 20.8. The highest BCUT2D eigenvalue weighted by Gasteiger charge is 2.23. The molecule has 1 heterocycles. The topological polar surface area (TPSA) is 52.6 Å². The summed E-state index contributed by atoms with van der Waals surface area (Å²) in [6, 6.07) is 0. The lowest BCUT2D eigenvalue weighted by atomic mass is 9.98. The summed E-state index contributed by atoms with van der Waals surface area (Å²) in [5, 5.41) is 11.9. The van der Waals surface area contributed by atoms with E-state index in [1.165, 1.54) is 0 Å². The summed E-state index contributed by atoms with van der Waals surface area (Å²) < 4.78 is 0. The zero-order valence-corrected chi connectivity index (χ0v) is 10.2. The molecule has 4 nitrogen and oxygen atoms in total. The summed E-state index contributed by atoms with van der Waals surface area (Å²) in [7, 11) is 1.88. The second-order valence-electron chi connectivity index (χ2n) is 4.59. The van der Waals surface area contributed by atoms with Gasteiger partial charge in [-0.15, -0.1) is 0 Å². The molecule has 94 valence electrons. The van der Waals surface area contributed by atoms with Crippen LogP contribution >= 0.6 is 0 Å². The van der Waals surface area contributed by atoms with Crippen LogP contribution in [0.1, 0.15) is 32.1 Å². The fraction of sp³-hybridized carbons (Fsp3) is 0.917. The maximum absolute atomic E-state index is 12.0. The summed E-state index contributed by atoms with van der Waals surface area (Å²) >= 11 is 0. The maximum Gasteiger partial charge on any atom is 0.226 e. The van der Waals surface area contributed by atoms with Crippen molar-refractivity contribution >= 4 is 5.91 Å². The molecule has 0 saturated carbocycles. The Hall–Kier alpha value is -0.610. The molecule has 0 bridgehead atoms. The number of amides is 1. The van der Waals surface area contributed by atoms with Crippen LogP contribution in [0.3, 0.4) is 0 Å². The van der Waals surface area contributed by atoms with Crippen molar-refractivity contribution in [2.24, 2.45) is 5.92 Å². The number of carbonyl (C=O) groups is 1. The van der Waals surface area contributed by atoms with E-state index in [1.54, 1.807) is 0 Å². The minimum absolute atomic E-state index is 0.177. The first-order chi connectivity index (χ1) is 7.75. The van der Waals surface area contributed by atoms with Gasteiger partial charge >= 0.3 is 0 Å². The molecule has 0 aromatic carbocycles. The molecule has 16 heavy (non-hydrogen) atoms. The molecule has 1 fully saturated rings. The number of piperidine rings is 1. The molecule has 1 saturated heterocycles. The highest BCUT2D eigenvalue weighted by molar-refractivity contribution is 5.78. The van der Waals surface area contributed by atoms with Gasteiger partial charge in [0, 0.05) is 26.7 Å². The summed E-state index contributed by atoms with van der Waals surface area (Å²) in [5.74, 6) is 0.452. The van der Waals surface area contributed by atoms with Crippen LogP contribution < -0.4 is 5.32 Å². The van der Waals surface area contributed by atoms with Crippen molar-refractivity contribution in [1.29, 1.82) is 0 Å². The number of nitrogens with zero attached hydrogens (tertiary/aromatic N) is 1. The Bertz CT molecular complexity index is 203. The third kappa shape index (κ3) is 4.49. The monoisotopic (exact) mass is 228 g/mol. The van der Waals surface area contributed by atoms with E-state index in [1.807, 2.05) is 11.9 Å². The van der Waals surface area contributed by atoms with Crippen LogP contribution in [-0.2, 0) is 4.79 Å². The molecule has 1 amide bonds. The number of nitrogens with one attached hydrogen (secondary N) is 1. The first kappa shape index (κ1) is 13.5. The van der Waals surface area contributed by atoms with Gasteiger partial charge in [-0.3, -0.25) is 4.79 Å². The van der Waals surface area contributed by atoms with Gasteiger partial charge in [0.05, 0.1) is 5.92 Å². The summed E-state index contributed by atoms with van der Waals surface area (Å²) in [6.07, 6.45) is 4.95. The van der Waals surface area contributed by atoms with Crippen molar-refractivity contribution in [3.05, 3.63) is 0 Å². The van der Waals surface area contributed by atoms with Crippen LogP contribution in [0.4, 0.5) is 0 Å². The van der Waals surface area contributed by atoms with E-state index in [2.05, 4.69) is 5.32 Å². The number of unbranched alkanes of at least 4 members (excludes halogenated alkanes) is 2. The number of aliphatic hydroxyl groups is 1. The highest BCUT2D eigenvalue weighted by Crippen LogP contribution is 2.13. The number of rotatable bonds is 6. The van der Waals surface area contributed by atoms with Gasteiger partial charge in [-0.25, -0.2) is 0 Å². The molecule has 0 aliphatic carbocycles. The molecule has 4 heteroatoms. The van der Waals surface area contributed by atoms with Crippen LogP contribution in [0.5, 0.6) is 0 Å². The van der Waals surface area contributed by atoms with Gasteiger partial charge in [0.2, 0.25) is 5.91 Å². The third-order valence-electron chi connectivity index (χ3n) is 3.17. The molecule has 0 aromatic heterocycles.